The van der Waals surface area contributed by atoms with E-state index in [0.29, 0.717) is 18.9 Å². The van der Waals surface area contributed by atoms with Gasteiger partial charge in [0, 0.05) is 12.6 Å². The Bertz CT molecular complexity index is 1200. The number of carbonyl (C=O) groups excluding carboxylic acids is 2. The summed E-state index contributed by atoms with van der Waals surface area (Å²) in [5.74, 6) is 0.276. The number of hydrogen-bond donors (Lipinski definition) is 1. The maximum absolute atomic E-state index is 14.0. The SMILES string of the molecule is C[C@@H](CN1C(=O)c2nc3ccccc3n2C[C@]1(C)C(=O)NC1CCCCCCC1)c1ccccc1. The topological polar surface area (TPSA) is 67.2 Å². The van der Waals surface area contributed by atoms with Crippen molar-refractivity contribution >= 4 is 22.8 Å². The molecule has 3 aromatic rings. The van der Waals surface area contributed by atoms with Gasteiger partial charge in [0.05, 0.1) is 17.6 Å². The second-order valence-corrected chi connectivity index (χ2v) is 10.5. The molecule has 184 valence electrons. The molecular weight excluding hydrogens is 436 g/mol. The smallest absolute Gasteiger partial charge is 0.290 e. The highest BCUT2D eigenvalue weighted by atomic mass is 16.2. The minimum atomic E-state index is -1.00. The monoisotopic (exact) mass is 472 g/mol. The van der Waals surface area contributed by atoms with E-state index in [9.17, 15) is 9.59 Å². The summed E-state index contributed by atoms with van der Waals surface area (Å²) >= 11 is 0. The molecule has 2 heterocycles. The molecule has 35 heavy (non-hydrogen) atoms. The van der Waals surface area contributed by atoms with Crippen molar-refractivity contribution in [1.82, 2.24) is 19.8 Å². The summed E-state index contributed by atoms with van der Waals surface area (Å²) in [5.41, 5.74) is 1.84. The van der Waals surface area contributed by atoms with E-state index < -0.39 is 5.54 Å². The highest BCUT2D eigenvalue weighted by Crippen LogP contribution is 2.33. The summed E-state index contributed by atoms with van der Waals surface area (Å²) < 4.78 is 1.94. The van der Waals surface area contributed by atoms with Crippen molar-refractivity contribution in [1.29, 1.82) is 0 Å². The van der Waals surface area contributed by atoms with Gasteiger partial charge in [-0.25, -0.2) is 4.98 Å². The maximum Gasteiger partial charge on any atom is 0.290 e. The molecule has 2 aliphatic rings. The zero-order valence-corrected chi connectivity index (χ0v) is 20.9. The Morgan fingerprint density at radius 2 is 1.69 bits per heavy atom. The minimum absolute atomic E-state index is 0.0554. The van der Waals surface area contributed by atoms with Gasteiger partial charge in [0.2, 0.25) is 5.91 Å². The average Bonchev–Trinajstić information content (AvgIpc) is 3.22. The van der Waals surface area contributed by atoms with Crippen LogP contribution >= 0.6 is 0 Å². The summed E-state index contributed by atoms with van der Waals surface area (Å²) in [7, 11) is 0. The largest absolute Gasteiger partial charge is 0.351 e. The highest BCUT2D eigenvalue weighted by Gasteiger charge is 2.49. The molecule has 1 saturated carbocycles. The Morgan fingerprint density at radius 1 is 1.03 bits per heavy atom. The summed E-state index contributed by atoms with van der Waals surface area (Å²) in [5, 5.41) is 3.36. The van der Waals surface area contributed by atoms with Gasteiger partial charge >= 0.3 is 0 Å². The second-order valence-electron chi connectivity index (χ2n) is 10.5. The number of aromatic nitrogens is 2. The van der Waals surface area contributed by atoms with Crippen molar-refractivity contribution in [3.63, 3.8) is 0 Å². The number of carbonyl (C=O) groups is 2. The van der Waals surface area contributed by atoms with Crippen LogP contribution in [0.3, 0.4) is 0 Å². The van der Waals surface area contributed by atoms with Crippen LogP contribution in [-0.4, -0.2) is 44.4 Å². The van der Waals surface area contributed by atoms with Gasteiger partial charge in [-0.1, -0.05) is 81.5 Å². The Morgan fingerprint density at radius 3 is 2.43 bits per heavy atom. The van der Waals surface area contributed by atoms with E-state index in [1.54, 1.807) is 4.90 Å². The molecule has 6 nitrogen and oxygen atoms in total. The third kappa shape index (κ3) is 4.58. The fourth-order valence-electron chi connectivity index (χ4n) is 5.72. The first-order valence-electron chi connectivity index (χ1n) is 13.1. The van der Waals surface area contributed by atoms with Gasteiger partial charge < -0.3 is 14.8 Å². The van der Waals surface area contributed by atoms with Crippen molar-refractivity contribution in [2.45, 2.75) is 82.8 Å². The van der Waals surface area contributed by atoms with Crippen LogP contribution < -0.4 is 5.32 Å². The van der Waals surface area contributed by atoms with E-state index in [0.717, 1.165) is 42.3 Å². The fraction of sp³-hybridized carbons (Fsp3) is 0.483. The van der Waals surface area contributed by atoms with E-state index in [1.807, 2.05) is 54.0 Å². The van der Waals surface area contributed by atoms with E-state index in [-0.39, 0.29) is 23.8 Å². The Labute approximate surface area is 207 Å². The summed E-state index contributed by atoms with van der Waals surface area (Å²) in [4.78, 5) is 34.4. The van der Waals surface area contributed by atoms with Gasteiger partial charge in [-0.2, -0.15) is 0 Å². The Hall–Kier alpha value is -3.15. The van der Waals surface area contributed by atoms with Gasteiger partial charge in [0.15, 0.2) is 5.82 Å². The molecule has 5 rings (SSSR count). The number of hydrogen-bond acceptors (Lipinski definition) is 3. The Kier molecular flexibility index (Phi) is 6.63. The number of nitrogens with one attached hydrogen (secondary N) is 1. The van der Waals surface area contributed by atoms with Crippen molar-refractivity contribution in [2.75, 3.05) is 6.54 Å². The molecule has 2 amide bonds. The maximum atomic E-state index is 14.0. The van der Waals surface area contributed by atoms with Crippen LogP contribution in [0.5, 0.6) is 0 Å². The molecule has 0 radical (unpaired) electrons. The predicted octanol–water partition coefficient (Wildman–Crippen LogP) is 5.28. The lowest BCUT2D eigenvalue weighted by Gasteiger charge is -2.45. The van der Waals surface area contributed by atoms with E-state index in [2.05, 4.69) is 29.4 Å². The van der Waals surface area contributed by atoms with Crippen LogP contribution in [0.1, 0.15) is 80.9 Å². The number of rotatable bonds is 5. The predicted molar refractivity (Wildman–Crippen MR) is 138 cm³/mol. The third-order valence-electron chi connectivity index (χ3n) is 7.91. The molecule has 1 N–H and O–H groups in total. The molecule has 2 atom stereocenters. The van der Waals surface area contributed by atoms with Gasteiger partial charge in [0.1, 0.15) is 5.54 Å². The Balaban J connectivity index is 1.49. The first-order chi connectivity index (χ1) is 17.0. The molecule has 1 aliphatic carbocycles. The standard InChI is InChI=1S/C29H36N4O2/c1-21(22-13-7-6-8-14-22)19-33-27(34)26-31-24-17-11-12-18-25(24)32(26)20-29(33,2)28(35)30-23-15-9-4-3-5-10-16-23/h6-8,11-14,17-18,21,23H,3-5,9-10,15-16,19-20H2,1-2H3,(H,30,35)/t21-,29+/m0/s1. The molecule has 0 spiro atoms. The lowest BCUT2D eigenvalue weighted by molar-refractivity contribution is -0.133. The molecule has 1 fully saturated rings. The summed E-state index contributed by atoms with van der Waals surface area (Å²) in [6, 6.07) is 18.2. The van der Waals surface area contributed by atoms with E-state index in [1.165, 1.54) is 19.3 Å². The van der Waals surface area contributed by atoms with E-state index >= 15 is 0 Å². The van der Waals surface area contributed by atoms with Crippen molar-refractivity contribution in [3.8, 4) is 0 Å². The fourth-order valence-corrected chi connectivity index (χ4v) is 5.72. The zero-order valence-electron chi connectivity index (χ0n) is 20.9. The molecule has 2 aromatic carbocycles. The van der Waals surface area contributed by atoms with Crippen molar-refractivity contribution in [3.05, 3.63) is 66.0 Å². The first kappa shape index (κ1) is 23.6. The molecule has 0 saturated heterocycles. The number of benzene rings is 2. The van der Waals surface area contributed by atoms with Crippen LogP contribution in [0.25, 0.3) is 11.0 Å². The lowest BCUT2D eigenvalue weighted by atomic mass is 9.90. The minimum Gasteiger partial charge on any atom is -0.351 e. The van der Waals surface area contributed by atoms with Gasteiger partial charge in [0.25, 0.3) is 5.91 Å². The molecule has 0 unspecified atom stereocenters. The normalized spacial score (nSPS) is 22.3. The van der Waals surface area contributed by atoms with Crippen LogP contribution in [-0.2, 0) is 11.3 Å². The number of fused-ring (bicyclic) bond motifs is 3. The first-order valence-corrected chi connectivity index (χ1v) is 13.1. The van der Waals surface area contributed by atoms with E-state index in [4.69, 9.17) is 0 Å². The quantitative estimate of drug-likeness (QED) is 0.549. The highest BCUT2D eigenvalue weighted by molar-refractivity contribution is 6.01. The molecule has 0 bridgehead atoms. The van der Waals surface area contributed by atoms with Crippen LogP contribution in [0.2, 0.25) is 0 Å². The van der Waals surface area contributed by atoms with Crippen LogP contribution in [0.4, 0.5) is 0 Å². The number of nitrogens with zero attached hydrogens (tertiary/aromatic N) is 3. The van der Waals surface area contributed by atoms with Crippen LogP contribution in [0, 0.1) is 0 Å². The summed E-state index contributed by atoms with van der Waals surface area (Å²) in [6.07, 6.45) is 8.05. The number of imidazole rings is 1. The number of amides is 2. The van der Waals surface area contributed by atoms with Gasteiger partial charge in [-0.3, -0.25) is 9.59 Å². The van der Waals surface area contributed by atoms with Gasteiger partial charge in [-0.05, 0) is 43.4 Å². The lowest BCUT2D eigenvalue weighted by Crippen LogP contribution is -2.65. The second kappa shape index (κ2) is 9.84. The van der Waals surface area contributed by atoms with Crippen molar-refractivity contribution < 1.29 is 9.59 Å². The molecule has 1 aromatic heterocycles. The zero-order chi connectivity index (χ0) is 24.4. The average molecular weight is 473 g/mol. The van der Waals surface area contributed by atoms with Crippen LogP contribution in [0.15, 0.2) is 54.6 Å². The molecule has 6 heteroatoms. The molecular formula is C29H36N4O2. The number of para-hydroxylation sites is 2. The summed E-state index contributed by atoms with van der Waals surface area (Å²) in [6.45, 7) is 4.90. The molecule has 1 aliphatic heterocycles. The van der Waals surface area contributed by atoms with Gasteiger partial charge in [-0.15, -0.1) is 0 Å². The third-order valence-corrected chi connectivity index (χ3v) is 7.91. The van der Waals surface area contributed by atoms with Crippen molar-refractivity contribution in [2.24, 2.45) is 0 Å².